The Hall–Kier alpha value is -3.41. The number of methoxy groups -OCH3 is 4. The Kier molecular flexibility index (Phi) is 5.89. The standard InChI is InChI=1S/C25H27NO5/c1-28-18-10-8-16(9-11-18)14-26-15-20-19(6-5-7-21(20)27)24(26)17-12-22(29-2)25(31-4)23(13-17)30-3/h8-13,15H,5-7,14H2,1-4H3. The predicted molar refractivity (Wildman–Crippen MR) is 119 cm³/mol. The van der Waals surface area contributed by atoms with Gasteiger partial charge in [-0.1, -0.05) is 12.1 Å². The van der Waals surface area contributed by atoms with Crippen molar-refractivity contribution in [2.75, 3.05) is 28.4 Å². The van der Waals surface area contributed by atoms with E-state index < -0.39 is 0 Å². The summed E-state index contributed by atoms with van der Waals surface area (Å²) >= 11 is 0. The lowest BCUT2D eigenvalue weighted by Gasteiger charge is -2.18. The Morgan fingerprint density at radius 3 is 2.13 bits per heavy atom. The number of ketones is 1. The van der Waals surface area contributed by atoms with E-state index in [-0.39, 0.29) is 5.78 Å². The molecule has 0 spiro atoms. The minimum Gasteiger partial charge on any atom is -0.497 e. The van der Waals surface area contributed by atoms with Crippen molar-refractivity contribution in [3.63, 3.8) is 0 Å². The molecule has 2 aromatic carbocycles. The van der Waals surface area contributed by atoms with Gasteiger partial charge in [-0.05, 0) is 48.2 Å². The lowest BCUT2D eigenvalue weighted by molar-refractivity contribution is 0.0973. The number of hydrogen-bond donors (Lipinski definition) is 0. The summed E-state index contributed by atoms with van der Waals surface area (Å²) in [6.07, 6.45) is 4.30. The maximum Gasteiger partial charge on any atom is 0.203 e. The first-order valence-electron chi connectivity index (χ1n) is 10.3. The summed E-state index contributed by atoms with van der Waals surface area (Å²) in [6, 6.07) is 11.9. The molecular formula is C25H27NO5. The van der Waals surface area contributed by atoms with Crippen molar-refractivity contribution < 1.29 is 23.7 Å². The molecule has 0 unspecified atom stereocenters. The molecule has 31 heavy (non-hydrogen) atoms. The highest BCUT2D eigenvalue weighted by molar-refractivity contribution is 6.00. The maximum absolute atomic E-state index is 12.7. The Balaban J connectivity index is 1.87. The van der Waals surface area contributed by atoms with E-state index in [9.17, 15) is 4.79 Å². The number of hydrogen-bond acceptors (Lipinski definition) is 5. The van der Waals surface area contributed by atoms with Crippen LogP contribution in [0, 0.1) is 0 Å². The van der Waals surface area contributed by atoms with Crippen molar-refractivity contribution in [2.45, 2.75) is 25.8 Å². The molecular weight excluding hydrogens is 394 g/mol. The van der Waals surface area contributed by atoms with Crippen LogP contribution in [-0.2, 0) is 13.0 Å². The van der Waals surface area contributed by atoms with Gasteiger partial charge < -0.3 is 23.5 Å². The highest BCUT2D eigenvalue weighted by Gasteiger charge is 2.26. The van der Waals surface area contributed by atoms with E-state index in [1.807, 2.05) is 42.6 Å². The molecule has 0 saturated carbocycles. The number of benzene rings is 2. The molecule has 6 heteroatoms. The van der Waals surface area contributed by atoms with Gasteiger partial charge in [0, 0.05) is 30.3 Å². The van der Waals surface area contributed by atoms with E-state index in [1.165, 1.54) is 0 Å². The monoisotopic (exact) mass is 421 g/mol. The second-order valence-electron chi connectivity index (χ2n) is 7.54. The number of fused-ring (bicyclic) bond motifs is 1. The van der Waals surface area contributed by atoms with E-state index in [0.29, 0.717) is 30.2 Å². The van der Waals surface area contributed by atoms with Crippen LogP contribution in [0.1, 0.15) is 34.3 Å². The third-order valence-corrected chi connectivity index (χ3v) is 5.76. The van der Waals surface area contributed by atoms with Gasteiger partial charge in [-0.25, -0.2) is 0 Å². The van der Waals surface area contributed by atoms with Crippen molar-refractivity contribution in [1.82, 2.24) is 4.57 Å². The maximum atomic E-state index is 12.7. The van der Waals surface area contributed by atoms with Gasteiger partial charge in [-0.2, -0.15) is 0 Å². The molecule has 0 fully saturated rings. The number of carbonyl (C=O) groups excluding carboxylic acids is 1. The topological polar surface area (TPSA) is 58.9 Å². The Bertz CT molecular complexity index is 1070. The molecule has 0 atom stereocenters. The molecule has 0 aliphatic heterocycles. The molecule has 6 nitrogen and oxygen atoms in total. The fourth-order valence-corrected chi connectivity index (χ4v) is 4.26. The van der Waals surface area contributed by atoms with Gasteiger partial charge in [0.1, 0.15) is 5.75 Å². The van der Waals surface area contributed by atoms with E-state index in [2.05, 4.69) is 4.57 Å². The van der Waals surface area contributed by atoms with Crippen molar-refractivity contribution in [2.24, 2.45) is 0 Å². The number of nitrogens with zero attached hydrogens (tertiary/aromatic N) is 1. The summed E-state index contributed by atoms with van der Waals surface area (Å²) < 4.78 is 24.1. The minimum atomic E-state index is 0.198. The zero-order chi connectivity index (χ0) is 22.0. The van der Waals surface area contributed by atoms with Crippen LogP contribution in [0.2, 0.25) is 0 Å². The SMILES string of the molecule is COc1ccc(Cn2cc3c(c2-c2cc(OC)c(OC)c(OC)c2)CCCC3=O)cc1. The third-order valence-electron chi connectivity index (χ3n) is 5.76. The van der Waals surface area contributed by atoms with E-state index in [4.69, 9.17) is 18.9 Å². The number of carbonyl (C=O) groups is 1. The molecule has 1 aliphatic carbocycles. The molecule has 1 aliphatic rings. The summed E-state index contributed by atoms with van der Waals surface area (Å²) in [5, 5.41) is 0. The Morgan fingerprint density at radius 1 is 0.871 bits per heavy atom. The van der Waals surface area contributed by atoms with E-state index in [0.717, 1.165) is 46.5 Å². The lowest BCUT2D eigenvalue weighted by Crippen LogP contribution is -2.08. The molecule has 3 aromatic rings. The number of aromatic nitrogens is 1. The lowest BCUT2D eigenvalue weighted by atomic mass is 9.91. The van der Waals surface area contributed by atoms with Crippen molar-refractivity contribution in [3.05, 3.63) is 59.3 Å². The van der Waals surface area contributed by atoms with Gasteiger partial charge in [0.2, 0.25) is 5.75 Å². The second-order valence-corrected chi connectivity index (χ2v) is 7.54. The third kappa shape index (κ3) is 3.85. The largest absolute Gasteiger partial charge is 0.497 e. The first-order chi connectivity index (χ1) is 15.1. The first kappa shape index (κ1) is 20.8. The molecule has 0 amide bonds. The van der Waals surface area contributed by atoms with E-state index in [1.54, 1.807) is 28.4 Å². The fourth-order valence-electron chi connectivity index (χ4n) is 4.26. The highest BCUT2D eigenvalue weighted by atomic mass is 16.5. The minimum absolute atomic E-state index is 0.198. The van der Waals surface area contributed by atoms with Gasteiger partial charge in [-0.3, -0.25) is 4.79 Å². The van der Waals surface area contributed by atoms with Crippen LogP contribution in [0.3, 0.4) is 0 Å². The van der Waals surface area contributed by atoms with Crippen molar-refractivity contribution in [3.8, 4) is 34.3 Å². The van der Waals surface area contributed by atoms with Crippen LogP contribution in [0.15, 0.2) is 42.6 Å². The Labute approximate surface area is 182 Å². The molecule has 0 saturated heterocycles. The molecule has 1 heterocycles. The summed E-state index contributed by atoms with van der Waals surface area (Å²) in [4.78, 5) is 12.7. The molecule has 162 valence electrons. The predicted octanol–water partition coefficient (Wildman–Crippen LogP) is 4.76. The average Bonchev–Trinajstić information content (AvgIpc) is 3.17. The first-order valence-corrected chi connectivity index (χ1v) is 10.3. The normalized spacial score (nSPS) is 13.0. The molecule has 0 bridgehead atoms. The van der Waals surface area contributed by atoms with Gasteiger partial charge >= 0.3 is 0 Å². The number of Topliss-reactive ketones (excluding diaryl/α,β-unsaturated/α-hetero) is 1. The quantitative estimate of drug-likeness (QED) is 0.551. The van der Waals surface area contributed by atoms with Crippen molar-refractivity contribution >= 4 is 5.78 Å². The van der Waals surface area contributed by atoms with Crippen molar-refractivity contribution in [1.29, 1.82) is 0 Å². The summed E-state index contributed by atoms with van der Waals surface area (Å²) in [6.45, 7) is 0.635. The van der Waals surface area contributed by atoms with Gasteiger partial charge in [0.25, 0.3) is 0 Å². The Morgan fingerprint density at radius 2 is 1.55 bits per heavy atom. The molecule has 4 rings (SSSR count). The summed E-state index contributed by atoms with van der Waals surface area (Å²) in [5.74, 6) is 2.74. The summed E-state index contributed by atoms with van der Waals surface area (Å²) in [7, 11) is 6.46. The average molecular weight is 421 g/mol. The van der Waals surface area contributed by atoms with Crippen LogP contribution in [0.5, 0.6) is 23.0 Å². The zero-order valence-corrected chi connectivity index (χ0v) is 18.4. The van der Waals surface area contributed by atoms with Crippen LogP contribution < -0.4 is 18.9 Å². The molecule has 0 N–H and O–H groups in total. The van der Waals surface area contributed by atoms with Crippen LogP contribution in [0.25, 0.3) is 11.3 Å². The van der Waals surface area contributed by atoms with E-state index >= 15 is 0 Å². The zero-order valence-electron chi connectivity index (χ0n) is 18.4. The number of ether oxygens (including phenoxy) is 4. The fraction of sp³-hybridized carbons (Fsp3) is 0.320. The van der Waals surface area contributed by atoms with Crippen LogP contribution in [-0.4, -0.2) is 38.8 Å². The van der Waals surface area contributed by atoms with Crippen LogP contribution >= 0.6 is 0 Å². The van der Waals surface area contributed by atoms with Gasteiger partial charge in [0.05, 0.1) is 34.1 Å². The second kappa shape index (κ2) is 8.76. The van der Waals surface area contributed by atoms with Gasteiger partial charge in [-0.15, -0.1) is 0 Å². The number of rotatable bonds is 7. The summed E-state index contributed by atoms with van der Waals surface area (Å²) in [5.41, 5.74) is 4.95. The molecule has 0 radical (unpaired) electrons. The van der Waals surface area contributed by atoms with Gasteiger partial charge in [0.15, 0.2) is 17.3 Å². The highest BCUT2D eigenvalue weighted by Crippen LogP contribution is 2.43. The molecule has 1 aromatic heterocycles. The van der Waals surface area contributed by atoms with Crippen LogP contribution in [0.4, 0.5) is 0 Å². The smallest absolute Gasteiger partial charge is 0.203 e.